The molecule has 1 saturated heterocycles. The zero-order valence-electron chi connectivity index (χ0n) is 11.9. The van der Waals surface area contributed by atoms with Crippen LogP contribution >= 0.6 is 11.8 Å². The molecule has 5 nitrogen and oxygen atoms in total. The fraction of sp³-hybridized carbons (Fsp3) is 0.400. The first kappa shape index (κ1) is 14.1. The van der Waals surface area contributed by atoms with Crippen LogP contribution in [0.4, 0.5) is 5.88 Å². The van der Waals surface area contributed by atoms with Gasteiger partial charge >= 0.3 is 0 Å². The standard InChI is InChI=1S/C15H18N2O3S/c1-18-13-3-2-10(12-9-17-20-15(12)16)8-14(13)19-11-4-6-21-7-5-11/h2-3,8-9,11H,4-7,16H2,1H3. The second-order valence-corrected chi connectivity index (χ2v) is 6.12. The number of aromatic nitrogens is 1. The number of benzene rings is 1. The summed E-state index contributed by atoms with van der Waals surface area (Å²) in [6.45, 7) is 0. The van der Waals surface area contributed by atoms with E-state index >= 15 is 0 Å². The van der Waals surface area contributed by atoms with Gasteiger partial charge in [-0.05, 0) is 42.0 Å². The lowest BCUT2D eigenvalue weighted by Gasteiger charge is -2.24. The Balaban J connectivity index is 1.88. The van der Waals surface area contributed by atoms with Gasteiger partial charge in [0.15, 0.2) is 11.5 Å². The van der Waals surface area contributed by atoms with Gasteiger partial charge in [0, 0.05) is 0 Å². The average molecular weight is 306 g/mol. The Labute approximate surface area is 127 Å². The lowest BCUT2D eigenvalue weighted by Crippen LogP contribution is -2.22. The normalized spacial score (nSPS) is 15.9. The second kappa shape index (κ2) is 6.30. The Morgan fingerprint density at radius 3 is 2.76 bits per heavy atom. The molecular weight excluding hydrogens is 288 g/mol. The van der Waals surface area contributed by atoms with Gasteiger partial charge in [0.1, 0.15) is 6.10 Å². The summed E-state index contributed by atoms with van der Waals surface area (Å²) >= 11 is 1.97. The van der Waals surface area contributed by atoms with Crippen molar-refractivity contribution in [3.8, 4) is 22.6 Å². The number of methoxy groups -OCH3 is 1. The highest BCUT2D eigenvalue weighted by molar-refractivity contribution is 7.99. The van der Waals surface area contributed by atoms with Crippen LogP contribution in [0.5, 0.6) is 11.5 Å². The third-order valence-electron chi connectivity index (χ3n) is 3.53. The summed E-state index contributed by atoms with van der Waals surface area (Å²) in [7, 11) is 1.65. The van der Waals surface area contributed by atoms with Crippen molar-refractivity contribution in [2.75, 3.05) is 24.3 Å². The van der Waals surface area contributed by atoms with E-state index in [4.69, 9.17) is 19.7 Å². The van der Waals surface area contributed by atoms with Crippen LogP contribution in [0.2, 0.25) is 0 Å². The number of rotatable bonds is 4. The molecule has 21 heavy (non-hydrogen) atoms. The SMILES string of the molecule is COc1ccc(-c2cnoc2N)cc1OC1CCSCC1. The number of ether oxygens (including phenoxy) is 2. The monoisotopic (exact) mass is 306 g/mol. The van der Waals surface area contributed by atoms with E-state index in [0.29, 0.717) is 5.88 Å². The van der Waals surface area contributed by atoms with E-state index in [-0.39, 0.29) is 6.10 Å². The van der Waals surface area contributed by atoms with Gasteiger partial charge in [-0.3, -0.25) is 0 Å². The molecule has 3 rings (SSSR count). The minimum absolute atomic E-state index is 0.246. The molecule has 2 heterocycles. The van der Waals surface area contributed by atoms with E-state index in [1.165, 1.54) is 0 Å². The molecule has 1 aliphatic heterocycles. The number of nitrogen functional groups attached to an aromatic ring is 1. The topological polar surface area (TPSA) is 70.5 Å². The zero-order valence-corrected chi connectivity index (χ0v) is 12.7. The maximum Gasteiger partial charge on any atom is 0.229 e. The first-order valence-corrected chi connectivity index (χ1v) is 8.06. The number of anilines is 1. The molecule has 2 N–H and O–H groups in total. The fourth-order valence-corrected chi connectivity index (χ4v) is 3.44. The summed E-state index contributed by atoms with van der Waals surface area (Å²) in [5, 5.41) is 3.71. The van der Waals surface area contributed by atoms with Crippen molar-refractivity contribution in [2.45, 2.75) is 18.9 Å². The predicted molar refractivity (Wildman–Crippen MR) is 83.9 cm³/mol. The number of hydrogen-bond acceptors (Lipinski definition) is 6. The van der Waals surface area contributed by atoms with Crippen LogP contribution in [0.25, 0.3) is 11.1 Å². The zero-order chi connectivity index (χ0) is 14.7. The average Bonchev–Trinajstić information content (AvgIpc) is 2.94. The molecular formula is C15H18N2O3S. The lowest BCUT2D eigenvalue weighted by atomic mass is 10.1. The Bertz CT molecular complexity index is 609. The van der Waals surface area contributed by atoms with Crippen molar-refractivity contribution in [2.24, 2.45) is 0 Å². The third-order valence-corrected chi connectivity index (χ3v) is 4.58. The van der Waals surface area contributed by atoms with Crippen LogP contribution in [0.1, 0.15) is 12.8 Å². The van der Waals surface area contributed by atoms with Gasteiger partial charge in [0.25, 0.3) is 0 Å². The van der Waals surface area contributed by atoms with Gasteiger partial charge in [-0.25, -0.2) is 0 Å². The van der Waals surface area contributed by atoms with Crippen LogP contribution < -0.4 is 15.2 Å². The molecule has 6 heteroatoms. The maximum atomic E-state index is 6.13. The van der Waals surface area contributed by atoms with Crippen molar-refractivity contribution in [3.05, 3.63) is 24.4 Å². The largest absolute Gasteiger partial charge is 0.493 e. The van der Waals surface area contributed by atoms with Gasteiger partial charge in [0.2, 0.25) is 5.88 Å². The minimum Gasteiger partial charge on any atom is -0.493 e. The molecule has 0 spiro atoms. The smallest absolute Gasteiger partial charge is 0.229 e. The molecule has 0 amide bonds. The molecule has 1 aliphatic rings. The summed E-state index contributed by atoms with van der Waals surface area (Å²) in [4.78, 5) is 0. The fourth-order valence-electron chi connectivity index (χ4n) is 2.38. The van der Waals surface area contributed by atoms with Gasteiger partial charge in [-0.2, -0.15) is 11.8 Å². The maximum absolute atomic E-state index is 6.13. The molecule has 0 aliphatic carbocycles. The molecule has 1 aromatic carbocycles. The number of nitrogens with zero attached hydrogens (tertiary/aromatic N) is 1. The molecule has 0 atom stereocenters. The van der Waals surface area contributed by atoms with E-state index < -0.39 is 0 Å². The summed E-state index contributed by atoms with van der Waals surface area (Å²) < 4.78 is 16.4. The van der Waals surface area contributed by atoms with Crippen LogP contribution in [0.3, 0.4) is 0 Å². The van der Waals surface area contributed by atoms with Crippen molar-refractivity contribution in [1.82, 2.24) is 5.16 Å². The minimum atomic E-state index is 0.246. The Hall–Kier alpha value is -1.82. The highest BCUT2D eigenvalue weighted by Gasteiger charge is 2.18. The third kappa shape index (κ3) is 3.10. The van der Waals surface area contributed by atoms with Gasteiger partial charge in [-0.15, -0.1) is 0 Å². The molecule has 2 aromatic rings. The number of nitrogens with two attached hydrogens (primary N) is 1. The first-order valence-electron chi connectivity index (χ1n) is 6.91. The highest BCUT2D eigenvalue weighted by atomic mass is 32.2. The summed E-state index contributed by atoms with van der Waals surface area (Å²) in [5.74, 6) is 4.07. The van der Waals surface area contributed by atoms with Crippen molar-refractivity contribution >= 4 is 17.6 Å². The number of hydrogen-bond donors (Lipinski definition) is 1. The Morgan fingerprint density at radius 1 is 1.29 bits per heavy atom. The van der Waals surface area contributed by atoms with Crippen LogP contribution in [-0.4, -0.2) is 29.9 Å². The molecule has 0 unspecified atom stereocenters. The van der Waals surface area contributed by atoms with Crippen LogP contribution in [0, 0.1) is 0 Å². The van der Waals surface area contributed by atoms with Crippen molar-refractivity contribution in [1.29, 1.82) is 0 Å². The summed E-state index contributed by atoms with van der Waals surface area (Å²) in [6.07, 6.45) is 3.98. The summed E-state index contributed by atoms with van der Waals surface area (Å²) in [6, 6.07) is 5.74. The van der Waals surface area contributed by atoms with E-state index in [0.717, 1.165) is 47.0 Å². The van der Waals surface area contributed by atoms with Crippen LogP contribution in [0.15, 0.2) is 28.9 Å². The highest BCUT2D eigenvalue weighted by Crippen LogP contribution is 2.36. The molecule has 0 saturated carbocycles. The van der Waals surface area contributed by atoms with Gasteiger partial charge < -0.3 is 19.7 Å². The molecule has 1 fully saturated rings. The lowest BCUT2D eigenvalue weighted by molar-refractivity contribution is 0.184. The second-order valence-electron chi connectivity index (χ2n) is 4.90. The van der Waals surface area contributed by atoms with E-state index in [1.54, 1.807) is 13.3 Å². The van der Waals surface area contributed by atoms with Gasteiger partial charge in [0.05, 0.1) is 18.9 Å². The predicted octanol–water partition coefficient (Wildman–Crippen LogP) is 3.21. The molecule has 1 aromatic heterocycles. The van der Waals surface area contributed by atoms with Crippen molar-refractivity contribution < 1.29 is 14.0 Å². The molecule has 0 bridgehead atoms. The first-order chi connectivity index (χ1) is 10.3. The Morgan fingerprint density at radius 2 is 2.10 bits per heavy atom. The molecule has 0 radical (unpaired) electrons. The Kier molecular flexibility index (Phi) is 4.24. The number of thioether (sulfide) groups is 1. The summed E-state index contributed by atoms with van der Waals surface area (Å²) in [5.41, 5.74) is 7.45. The van der Waals surface area contributed by atoms with Crippen LogP contribution in [-0.2, 0) is 0 Å². The van der Waals surface area contributed by atoms with E-state index in [9.17, 15) is 0 Å². The quantitative estimate of drug-likeness (QED) is 0.935. The van der Waals surface area contributed by atoms with Gasteiger partial charge in [-0.1, -0.05) is 11.2 Å². The molecule has 112 valence electrons. The van der Waals surface area contributed by atoms with E-state index in [1.807, 2.05) is 30.0 Å². The van der Waals surface area contributed by atoms with Crippen molar-refractivity contribution in [3.63, 3.8) is 0 Å². The van der Waals surface area contributed by atoms with E-state index in [2.05, 4.69) is 5.16 Å².